The summed E-state index contributed by atoms with van der Waals surface area (Å²) >= 11 is 0. The number of carbonyl (C=O) groups is 3. The highest BCUT2D eigenvalue weighted by Gasteiger charge is 2.28. The second kappa shape index (κ2) is 10.8. The highest BCUT2D eigenvalue weighted by Crippen LogP contribution is 2.33. The van der Waals surface area contributed by atoms with Crippen molar-refractivity contribution in [3.05, 3.63) is 83.7 Å². The number of rotatable bonds is 9. The second-order valence-corrected chi connectivity index (χ2v) is 8.53. The van der Waals surface area contributed by atoms with E-state index in [0.29, 0.717) is 35.2 Å². The van der Waals surface area contributed by atoms with Crippen LogP contribution >= 0.6 is 0 Å². The number of benzene rings is 2. The fourth-order valence-corrected chi connectivity index (χ4v) is 3.65. The number of carbonyl (C=O) groups excluding carboxylic acids is 3. The molecule has 2 aromatic carbocycles. The van der Waals surface area contributed by atoms with E-state index in [2.05, 4.69) is 24.1 Å². The third-order valence-corrected chi connectivity index (χ3v) is 5.63. The van der Waals surface area contributed by atoms with E-state index in [0.717, 1.165) is 11.1 Å². The number of ketones is 1. The molecule has 0 saturated heterocycles. The van der Waals surface area contributed by atoms with Crippen LogP contribution in [0, 0.1) is 0 Å². The summed E-state index contributed by atoms with van der Waals surface area (Å²) in [5, 5.41) is 2.79. The fourth-order valence-electron chi connectivity index (χ4n) is 3.65. The topological polar surface area (TPSA) is 97.8 Å². The highest BCUT2D eigenvalue weighted by atomic mass is 16.5. The van der Waals surface area contributed by atoms with Crippen LogP contribution in [0.2, 0.25) is 0 Å². The Balaban J connectivity index is 1.43. The molecule has 2 heterocycles. The van der Waals surface area contributed by atoms with Gasteiger partial charge >= 0.3 is 0 Å². The van der Waals surface area contributed by atoms with E-state index < -0.39 is 0 Å². The lowest BCUT2D eigenvalue weighted by Crippen LogP contribution is -2.45. The number of amides is 2. The Morgan fingerprint density at radius 3 is 2.77 bits per heavy atom. The van der Waals surface area contributed by atoms with Gasteiger partial charge in [0.25, 0.3) is 5.91 Å². The van der Waals surface area contributed by atoms with Gasteiger partial charge in [0.1, 0.15) is 18.0 Å². The lowest BCUT2D eigenvalue weighted by molar-refractivity contribution is -0.125. The van der Waals surface area contributed by atoms with E-state index in [9.17, 15) is 14.4 Å². The first-order valence-corrected chi connectivity index (χ1v) is 11.4. The zero-order chi connectivity index (χ0) is 24.8. The number of nitrogens with zero attached hydrogens (tertiary/aromatic N) is 2. The Kier molecular flexibility index (Phi) is 7.40. The number of fused-ring (bicyclic) bond motifs is 1. The van der Waals surface area contributed by atoms with Crippen molar-refractivity contribution in [2.75, 3.05) is 24.7 Å². The van der Waals surface area contributed by atoms with Crippen molar-refractivity contribution >= 4 is 23.3 Å². The molecule has 0 saturated carbocycles. The van der Waals surface area contributed by atoms with Crippen LogP contribution in [-0.2, 0) is 16.1 Å². The SMILES string of the molecule is CC(C)c1cccc(OCC(=O)c2ccc3c(c2)N(CC(=O)NCc2cccnc2)C(=O)CO3)c1. The van der Waals surface area contributed by atoms with Gasteiger partial charge in [-0.1, -0.05) is 32.0 Å². The van der Waals surface area contributed by atoms with Crippen LogP contribution in [0.25, 0.3) is 0 Å². The minimum absolute atomic E-state index is 0.152. The molecule has 8 heteroatoms. The predicted molar refractivity (Wildman–Crippen MR) is 131 cm³/mol. The van der Waals surface area contributed by atoms with Crippen LogP contribution in [0.5, 0.6) is 11.5 Å². The van der Waals surface area contributed by atoms with Gasteiger partial charge in [-0.3, -0.25) is 24.3 Å². The maximum absolute atomic E-state index is 12.8. The Bertz CT molecular complexity index is 1230. The molecule has 0 radical (unpaired) electrons. The second-order valence-electron chi connectivity index (χ2n) is 8.53. The van der Waals surface area contributed by atoms with E-state index >= 15 is 0 Å². The molecule has 8 nitrogen and oxygen atoms in total. The summed E-state index contributed by atoms with van der Waals surface area (Å²) in [6, 6.07) is 16.1. The van der Waals surface area contributed by atoms with Crippen LogP contribution in [-0.4, -0.2) is 42.3 Å². The van der Waals surface area contributed by atoms with Gasteiger partial charge in [0.05, 0.1) is 5.69 Å². The summed E-state index contributed by atoms with van der Waals surface area (Å²) < 4.78 is 11.2. The summed E-state index contributed by atoms with van der Waals surface area (Å²) in [5.74, 6) is 0.460. The smallest absolute Gasteiger partial charge is 0.265 e. The minimum Gasteiger partial charge on any atom is -0.485 e. The number of ether oxygens (including phenoxy) is 2. The average Bonchev–Trinajstić information content (AvgIpc) is 2.88. The monoisotopic (exact) mass is 473 g/mol. The van der Waals surface area contributed by atoms with Gasteiger partial charge in [-0.2, -0.15) is 0 Å². The molecule has 0 aliphatic carbocycles. The maximum Gasteiger partial charge on any atom is 0.265 e. The third kappa shape index (κ3) is 6.03. The molecule has 1 aliphatic heterocycles. The minimum atomic E-state index is -0.361. The molecule has 1 aromatic heterocycles. The highest BCUT2D eigenvalue weighted by molar-refractivity contribution is 6.04. The van der Waals surface area contributed by atoms with Crippen molar-refractivity contribution in [2.45, 2.75) is 26.3 Å². The molecular formula is C27H27N3O5. The summed E-state index contributed by atoms with van der Waals surface area (Å²) in [6.07, 6.45) is 3.32. The Morgan fingerprint density at radius 1 is 1.14 bits per heavy atom. The third-order valence-electron chi connectivity index (χ3n) is 5.63. The number of pyridine rings is 1. The van der Waals surface area contributed by atoms with Gasteiger partial charge in [-0.15, -0.1) is 0 Å². The first-order chi connectivity index (χ1) is 16.9. The van der Waals surface area contributed by atoms with Crippen molar-refractivity contribution < 1.29 is 23.9 Å². The summed E-state index contributed by atoms with van der Waals surface area (Å²) in [6.45, 7) is 3.96. The van der Waals surface area contributed by atoms with E-state index in [4.69, 9.17) is 9.47 Å². The standard InChI is InChI=1S/C27H27N3O5/c1-18(2)20-6-3-7-22(11-20)34-16-24(31)21-8-9-25-23(12-21)30(27(33)17-35-25)15-26(32)29-14-19-5-4-10-28-13-19/h3-13,18H,14-17H2,1-2H3,(H,29,32). The van der Waals surface area contributed by atoms with E-state index in [1.165, 1.54) is 4.90 Å². The van der Waals surface area contributed by atoms with Crippen LogP contribution < -0.4 is 19.7 Å². The first kappa shape index (κ1) is 23.9. The molecule has 0 spiro atoms. The van der Waals surface area contributed by atoms with Crippen molar-refractivity contribution in [1.29, 1.82) is 0 Å². The maximum atomic E-state index is 12.8. The number of anilines is 1. The fraction of sp³-hybridized carbons (Fsp3) is 0.259. The van der Waals surface area contributed by atoms with E-state index in [-0.39, 0.29) is 37.4 Å². The Labute approximate surface area is 203 Å². The van der Waals surface area contributed by atoms with Crippen molar-refractivity contribution in [2.24, 2.45) is 0 Å². The Morgan fingerprint density at radius 2 is 2.00 bits per heavy atom. The van der Waals surface area contributed by atoms with E-state index in [1.54, 1.807) is 36.7 Å². The van der Waals surface area contributed by atoms with Crippen LogP contribution in [0.4, 0.5) is 5.69 Å². The molecule has 180 valence electrons. The van der Waals surface area contributed by atoms with Crippen LogP contribution in [0.15, 0.2) is 67.0 Å². The molecule has 1 aliphatic rings. The molecule has 0 bridgehead atoms. The van der Waals surface area contributed by atoms with Crippen LogP contribution in [0.1, 0.15) is 41.3 Å². The average molecular weight is 474 g/mol. The summed E-state index contributed by atoms with van der Waals surface area (Å²) in [7, 11) is 0. The van der Waals surface area contributed by atoms with Crippen LogP contribution in [0.3, 0.4) is 0 Å². The zero-order valence-corrected chi connectivity index (χ0v) is 19.7. The Hall–Kier alpha value is -4.20. The van der Waals surface area contributed by atoms with Crippen molar-refractivity contribution in [3.63, 3.8) is 0 Å². The molecule has 3 aromatic rings. The molecule has 0 unspecified atom stereocenters. The molecule has 2 amide bonds. The van der Waals surface area contributed by atoms with Gasteiger partial charge in [0, 0.05) is 24.5 Å². The first-order valence-electron chi connectivity index (χ1n) is 11.4. The predicted octanol–water partition coefficient (Wildman–Crippen LogP) is 3.51. The van der Waals surface area contributed by atoms with Crippen molar-refractivity contribution in [1.82, 2.24) is 10.3 Å². The number of hydrogen-bond acceptors (Lipinski definition) is 6. The van der Waals surface area contributed by atoms with Gasteiger partial charge in [0.2, 0.25) is 5.91 Å². The van der Waals surface area contributed by atoms with Gasteiger partial charge in [0.15, 0.2) is 19.0 Å². The van der Waals surface area contributed by atoms with Gasteiger partial charge < -0.3 is 14.8 Å². The largest absolute Gasteiger partial charge is 0.485 e. The number of aromatic nitrogens is 1. The lowest BCUT2D eigenvalue weighted by Gasteiger charge is -2.29. The molecule has 0 atom stereocenters. The summed E-state index contributed by atoms with van der Waals surface area (Å²) in [5.41, 5.74) is 2.71. The quantitative estimate of drug-likeness (QED) is 0.478. The molecule has 35 heavy (non-hydrogen) atoms. The molecule has 4 rings (SSSR count). The van der Waals surface area contributed by atoms with Gasteiger partial charge in [-0.05, 0) is 53.4 Å². The number of Topliss-reactive ketones (excluding diaryl/α,β-unsaturated/α-hetero) is 1. The molecule has 1 N–H and O–H groups in total. The molecular weight excluding hydrogens is 446 g/mol. The number of nitrogens with one attached hydrogen (secondary N) is 1. The zero-order valence-electron chi connectivity index (χ0n) is 19.7. The normalized spacial score (nSPS) is 12.7. The summed E-state index contributed by atoms with van der Waals surface area (Å²) in [4.78, 5) is 43.3. The van der Waals surface area contributed by atoms with Crippen molar-refractivity contribution in [3.8, 4) is 11.5 Å². The van der Waals surface area contributed by atoms with Gasteiger partial charge in [-0.25, -0.2) is 0 Å². The lowest BCUT2D eigenvalue weighted by atomic mass is 10.0. The number of hydrogen-bond donors (Lipinski definition) is 1. The van der Waals surface area contributed by atoms with E-state index in [1.807, 2.05) is 30.3 Å². The molecule has 0 fully saturated rings.